The van der Waals surface area contributed by atoms with Gasteiger partial charge in [0.2, 0.25) is 0 Å². The maximum absolute atomic E-state index is 11.9. The van der Waals surface area contributed by atoms with Gasteiger partial charge in [-0.2, -0.15) is 0 Å². The van der Waals surface area contributed by atoms with Gasteiger partial charge in [-0.25, -0.2) is 0 Å². The molecule has 3 heteroatoms. The number of carboxylic acids is 1. The van der Waals surface area contributed by atoms with E-state index < -0.39 is 11.5 Å². The molecule has 0 bridgehead atoms. The Morgan fingerprint density at radius 3 is 2.60 bits per heavy atom. The maximum Gasteiger partial charge on any atom is 0.324 e. The number of rotatable bonds is 5. The van der Waals surface area contributed by atoms with Crippen molar-refractivity contribution in [2.24, 2.45) is 0 Å². The highest BCUT2D eigenvalue weighted by Crippen LogP contribution is 2.40. The predicted octanol–water partition coefficient (Wildman–Crippen LogP) is 3.78. The lowest BCUT2D eigenvalue weighted by Gasteiger charge is -2.39. The smallest absolute Gasteiger partial charge is 0.324 e. The van der Waals surface area contributed by atoms with Crippen LogP contribution in [0.1, 0.15) is 56.7 Å². The van der Waals surface area contributed by atoms with Crippen molar-refractivity contribution < 1.29 is 9.90 Å². The number of likely N-dealkylation sites (tertiary alicyclic amines) is 1. The van der Waals surface area contributed by atoms with Gasteiger partial charge in [-0.15, -0.1) is 0 Å². The first-order valence-corrected chi connectivity index (χ1v) is 7.58. The summed E-state index contributed by atoms with van der Waals surface area (Å²) in [7, 11) is 0. The summed E-state index contributed by atoms with van der Waals surface area (Å²) in [5.74, 6) is -0.657. The van der Waals surface area contributed by atoms with Crippen LogP contribution in [-0.4, -0.2) is 28.1 Å². The molecule has 0 amide bonds. The Labute approximate surface area is 121 Å². The van der Waals surface area contributed by atoms with Gasteiger partial charge in [0.15, 0.2) is 0 Å². The molecule has 0 radical (unpaired) electrons. The summed E-state index contributed by atoms with van der Waals surface area (Å²) in [6.45, 7) is 7.14. The summed E-state index contributed by atoms with van der Waals surface area (Å²) in [6, 6.07) is 8.60. The number of hydrogen-bond donors (Lipinski definition) is 1. The Hall–Kier alpha value is -1.35. The molecule has 1 aromatic rings. The van der Waals surface area contributed by atoms with Crippen molar-refractivity contribution in [3.8, 4) is 0 Å². The number of aryl methyl sites for hydroxylation is 1. The van der Waals surface area contributed by atoms with Crippen LogP contribution < -0.4 is 0 Å². The molecule has 1 aliphatic heterocycles. The van der Waals surface area contributed by atoms with Crippen LogP contribution in [0.5, 0.6) is 0 Å². The number of nitrogens with zero attached hydrogens (tertiary/aromatic N) is 1. The minimum absolute atomic E-state index is 0.153. The topological polar surface area (TPSA) is 40.5 Å². The number of aliphatic carboxylic acids is 1. The first-order valence-electron chi connectivity index (χ1n) is 7.58. The summed E-state index contributed by atoms with van der Waals surface area (Å²) in [5, 5.41) is 9.76. The lowest BCUT2D eigenvalue weighted by atomic mass is 9.89. The van der Waals surface area contributed by atoms with Crippen LogP contribution in [0.2, 0.25) is 0 Å². The van der Waals surface area contributed by atoms with Gasteiger partial charge in [0.1, 0.15) is 5.54 Å². The van der Waals surface area contributed by atoms with Crippen LogP contribution >= 0.6 is 0 Å². The van der Waals surface area contributed by atoms with Gasteiger partial charge in [0.05, 0.1) is 0 Å². The number of hydrogen-bond acceptors (Lipinski definition) is 2. The van der Waals surface area contributed by atoms with E-state index in [0.29, 0.717) is 0 Å². The third-order valence-electron chi connectivity index (χ3n) is 4.63. The van der Waals surface area contributed by atoms with Gasteiger partial charge in [0, 0.05) is 6.04 Å². The minimum atomic E-state index is -0.668. The van der Waals surface area contributed by atoms with Crippen LogP contribution in [0.15, 0.2) is 24.3 Å². The summed E-state index contributed by atoms with van der Waals surface area (Å²) in [5.41, 5.74) is 1.78. The molecule has 3 nitrogen and oxygen atoms in total. The fourth-order valence-electron chi connectivity index (χ4n) is 3.51. The molecule has 2 rings (SSSR count). The summed E-state index contributed by atoms with van der Waals surface area (Å²) >= 11 is 0. The van der Waals surface area contributed by atoms with Crippen molar-refractivity contribution in [2.75, 3.05) is 6.54 Å². The third-order valence-corrected chi connectivity index (χ3v) is 4.63. The first-order chi connectivity index (χ1) is 9.51. The molecule has 1 fully saturated rings. The lowest BCUT2D eigenvalue weighted by Crippen LogP contribution is -2.51. The number of benzene rings is 1. The van der Waals surface area contributed by atoms with Gasteiger partial charge < -0.3 is 5.11 Å². The van der Waals surface area contributed by atoms with E-state index in [1.807, 2.05) is 0 Å². The normalized spacial score (nSPS) is 24.8. The third kappa shape index (κ3) is 2.59. The SMILES string of the molecule is CCCC1(C(=O)O)CCCN1C(C)c1ccc(C)cc1. The highest BCUT2D eigenvalue weighted by molar-refractivity contribution is 5.79. The maximum atomic E-state index is 11.9. The van der Waals surface area contributed by atoms with Crippen LogP contribution in [0.3, 0.4) is 0 Å². The van der Waals surface area contributed by atoms with Gasteiger partial charge in [-0.1, -0.05) is 43.2 Å². The molecular formula is C17H25NO2. The monoisotopic (exact) mass is 275 g/mol. The number of carboxylic acid groups (broad SMARTS) is 1. The molecule has 110 valence electrons. The number of carbonyl (C=O) groups is 1. The average molecular weight is 275 g/mol. The van der Waals surface area contributed by atoms with Gasteiger partial charge in [0.25, 0.3) is 0 Å². The molecule has 1 N–H and O–H groups in total. The summed E-state index contributed by atoms with van der Waals surface area (Å²) in [4.78, 5) is 14.1. The van der Waals surface area contributed by atoms with Crippen LogP contribution in [-0.2, 0) is 4.79 Å². The fraction of sp³-hybridized carbons (Fsp3) is 0.588. The Balaban J connectivity index is 2.29. The van der Waals surface area contributed by atoms with E-state index >= 15 is 0 Å². The highest BCUT2D eigenvalue weighted by Gasteiger charge is 2.48. The van der Waals surface area contributed by atoms with E-state index in [9.17, 15) is 9.90 Å². The van der Waals surface area contributed by atoms with Crippen LogP contribution in [0, 0.1) is 6.92 Å². The zero-order valence-corrected chi connectivity index (χ0v) is 12.7. The zero-order valence-electron chi connectivity index (χ0n) is 12.7. The molecule has 1 saturated heterocycles. The molecule has 2 unspecified atom stereocenters. The van der Waals surface area contributed by atoms with Crippen molar-refractivity contribution in [3.05, 3.63) is 35.4 Å². The fourth-order valence-corrected chi connectivity index (χ4v) is 3.51. The molecular weight excluding hydrogens is 250 g/mol. The molecule has 2 atom stereocenters. The molecule has 0 aliphatic carbocycles. The molecule has 0 aromatic heterocycles. The Kier molecular flexibility index (Phi) is 4.48. The van der Waals surface area contributed by atoms with Gasteiger partial charge in [-0.3, -0.25) is 9.69 Å². The Morgan fingerprint density at radius 2 is 2.05 bits per heavy atom. The van der Waals surface area contributed by atoms with E-state index in [2.05, 4.69) is 49.9 Å². The van der Waals surface area contributed by atoms with E-state index in [-0.39, 0.29) is 6.04 Å². The predicted molar refractivity (Wildman–Crippen MR) is 80.8 cm³/mol. The second-order valence-corrected chi connectivity index (χ2v) is 5.97. The standard InChI is InChI=1S/C17H25NO2/c1-4-10-17(16(19)20)11-5-12-18(17)14(3)15-8-6-13(2)7-9-15/h6-9,14H,4-5,10-12H2,1-3H3,(H,19,20). The van der Waals surface area contributed by atoms with Crippen molar-refractivity contribution >= 4 is 5.97 Å². The van der Waals surface area contributed by atoms with Crippen LogP contribution in [0.25, 0.3) is 0 Å². The van der Waals surface area contributed by atoms with E-state index in [1.54, 1.807) is 0 Å². The highest BCUT2D eigenvalue weighted by atomic mass is 16.4. The van der Waals surface area contributed by atoms with E-state index in [4.69, 9.17) is 0 Å². The zero-order chi connectivity index (χ0) is 14.8. The van der Waals surface area contributed by atoms with Crippen molar-refractivity contribution in [3.63, 3.8) is 0 Å². The van der Waals surface area contributed by atoms with Crippen LogP contribution in [0.4, 0.5) is 0 Å². The lowest BCUT2D eigenvalue weighted by molar-refractivity contribution is -0.151. The van der Waals surface area contributed by atoms with Crippen molar-refractivity contribution in [1.82, 2.24) is 4.90 Å². The van der Waals surface area contributed by atoms with Gasteiger partial charge in [-0.05, 0) is 45.2 Å². The minimum Gasteiger partial charge on any atom is -0.480 e. The molecule has 1 heterocycles. The summed E-state index contributed by atoms with van der Waals surface area (Å²) in [6.07, 6.45) is 3.39. The molecule has 0 saturated carbocycles. The Bertz CT molecular complexity index is 468. The molecule has 20 heavy (non-hydrogen) atoms. The van der Waals surface area contributed by atoms with E-state index in [1.165, 1.54) is 11.1 Å². The van der Waals surface area contributed by atoms with Gasteiger partial charge >= 0.3 is 5.97 Å². The quantitative estimate of drug-likeness (QED) is 0.889. The summed E-state index contributed by atoms with van der Waals surface area (Å²) < 4.78 is 0. The average Bonchev–Trinajstić information content (AvgIpc) is 2.84. The molecule has 1 aromatic carbocycles. The molecule has 1 aliphatic rings. The van der Waals surface area contributed by atoms with Crippen molar-refractivity contribution in [1.29, 1.82) is 0 Å². The molecule has 0 spiro atoms. The first kappa shape index (κ1) is 15.0. The van der Waals surface area contributed by atoms with E-state index in [0.717, 1.165) is 32.2 Å². The second-order valence-electron chi connectivity index (χ2n) is 5.97. The second kappa shape index (κ2) is 5.96. The largest absolute Gasteiger partial charge is 0.480 e. The van der Waals surface area contributed by atoms with Crippen molar-refractivity contribution in [2.45, 2.75) is 58.0 Å². The Morgan fingerprint density at radius 1 is 1.40 bits per heavy atom.